The molecule has 0 radical (unpaired) electrons. The number of amides is 2. The molecule has 0 aliphatic carbocycles. The Hall–Kier alpha value is -3.35. The lowest BCUT2D eigenvalue weighted by Gasteiger charge is -2.31. The molecule has 150 valence electrons. The van der Waals surface area contributed by atoms with Crippen LogP contribution in [-0.2, 0) is 4.79 Å². The van der Waals surface area contributed by atoms with E-state index in [1.807, 2.05) is 37.3 Å². The summed E-state index contributed by atoms with van der Waals surface area (Å²) in [5.74, 6) is 0.832. The number of ether oxygens (including phenoxy) is 1. The Labute approximate surface area is 169 Å². The number of piperidine rings is 1. The molecule has 3 aromatic rings. The van der Waals surface area contributed by atoms with Crippen LogP contribution in [0.2, 0.25) is 0 Å². The van der Waals surface area contributed by atoms with Gasteiger partial charge in [-0.1, -0.05) is 6.07 Å². The van der Waals surface area contributed by atoms with Crippen LogP contribution in [0.15, 0.2) is 42.6 Å². The minimum absolute atomic E-state index is 0.0915. The summed E-state index contributed by atoms with van der Waals surface area (Å²) in [4.78, 5) is 34.8. The second kappa shape index (κ2) is 7.95. The SMILES string of the molecule is COc1ccc2cc(C(=O)N3CCCC(C(=O)Nc4ccc(C)cn4)C3)[nH]c2c1. The Morgan fingerprint density at radius 1 is 1.24 bits per heavy atom. The van der Waals surface area contributed by atoms with E-state index in [2.05, 4.69) is 15.3 Å². The third-order valence-corrected chi connectivity index (χ3v) is 5.30. The average Bonchev–Trinajstić information content (AvgIpc) is 3.18. The van der Waals surface area contributed by atoms with Crippen molar-refractivity contribution in [1.82, 2.24) is 14.9 Å². The zero-order valence-corrected chi connectivity index (χ0v) is 16.6. The monoisotopic (exact) mass is 392 g/mol. The summed E-state index contributed by atoms with van der Waals surface area (Å²) in [6.45, 7) is 2.99. The molecule has 29 heavy (non-hydrogen) atoms. The second-order valence-electron chi connectivity index (χ2n) is 7.44. The fraction of sp³-hybridized carbons (Fsp3) is 0.318. The molecule has 2 N–H and O–H groups in total. The number of carbonyl (C=O) groups is 2. The van der Waals surface area contributed by atoms with Gasteiger partial charge < -0.3 is 19.9 Å². The number of hydrogen-bond acceptors (Lipinski definition) is 4. The summed E-state index contributed by atoms with van der Waals surface area (Å²) in [7, 11) is 1.61. The van der Waals surface area contributed by atoms with Crippen LogP contribution < -0.4 is 10.1 Å². The molecule has 1 fully saturated rings. The van der Waals surface area contributed by atoms with Crippen molar-refractivity contribution in [3.8, 4) is 5.75 Å². The van der Waals surface area contributed by atoms with Gasteiger partial charge in [-0.2, -0.15) is 0 Å². The Morgan fingerprint density at radius 2 is 2.10 bits per heavy atom. The quantitative estimate of drug-likeness (QED) is 0.713. The predicted octanol–water partition coefficient (Wildman–Crippen LogP) is 3.37. The van der Waals surface area contributed by atoms with Crippen molar-refractivity contribution in [3.05, 3.63) is 53.9 Å². The minimum Gasteiger partial charge on any atom is -0.497 e. The van der Waals surface area contributed by atoms with Crippen LogP contribution in [0.1, 0.15) is 28.9 Å². The maximum absolute atomic E-state index is 13.0. The fourth-order valence-corrected chi connectivity index (χ4v) is 3.66. The molecular formula is C22H24N4O3. The lowest BCUT2D eigenvalue weighted by molar-refractivity contribution is -0.121. The number of aromatic nitrogens is 2. The molecule has 7 heteroatoms. The van der Waals surface area contributed by atoms with Crippen LogP contribution in [-0.4, -0.2) is 46.9 Å². The molecule has 1 unspecified atom stereocenters. The standard InChI is InChI=1S/C22H24N4O3/c1-14-5-8-20(23-12-14)25-21(27)16-4-3-9-26(13-16)22(28)19-10-15-6-7-17(29-2)11-18(15)24-19/h5-8,10-12,16,24H,3-4,9,13H2,1-2H3,(H,23,25,27). The molecule has 0 bridgehead atoms. The van der Waals surface area contributed by atoms with Gasteiger partial charge in [-0.3, -0.25) is 9.59 Å². The highest BCUT2D eigenvalue weighted by molar-refractivity contribution is 5.99. The summed E-state index contributed by atoms with van der Waals surface area (Å²) < 4.78 is 5.24. The van der Waals surface area contributed by atoms with E-state index in [0.717, 1.165) is 35.1 Å². The summed E-state index contributed by atoms with van der Waals surface area (Å²) in [6.07, 6.45) is 3.27. The van der Waals surface area contributed by atoms with Crippen LogP contribution in [0, 0.1) is 12.8 Å². The molecule has 4 rings (SSSR count). The molecule has 0 spiro atoms. The first kappa shape index (κ1) is 19.0. The second-order valence-corrected chi connectivity index (χ2v) is 7.44. The van der Waals surface area contributed by atoms with E-state index in [9.17, 15) is 9.59 Å². The molecule has 1 aliphatic rings. The molecule has 1 saturated heterocycles. The van der Waals surface area contributed by atoms with Crippen molar-refractivity contribution >= 4 is 28.5 Å². The van der Waals surface area contributed by atoms with E-state index in [1.165, 1.54) is 0 Å². The lowest BCUT2D eigenvalue weighted by Crippen LogP contribution is -2.44. The third kappa shape index (κ3) is 4.08. The lowest BCUT2D eigenvalue weighted by atomic mass is 9.97. The molecule has 2 amide bonds. The highest BCUT2D eigenvalue weighted by Gasteiger charge is 2.29. The number of nitrogens with zero attached hydrogens (tertiary/aromatic N) is 2. The number of aryl methyl sites for hydroxylation is 1. The number of fused-ring (bicyclic) bond motifs is 1. The van der Waals surface area contributed by atoms with Gasteiger partial charge in [0.2, 0.25) is 5.91 Å². The first-order valence-electron chi connectivity index (χ1n) is 9.73. The van der Waals surface area contributed by atoms with Crippen molar-refractivity contribution in [2.75, 3.05) is 25.5 Å². The van der Waals surface area contributed by atoms with E-state index in [0.29, 0.717) is 24.6 Å². The van der Waals surface area contributed by atoms with Gasteiger partial charge in [0, 0.05) is 36.3 Å². The van der Waals surface area contributed by atoms with Crippen molar-refractivity contribution in [3.63, 3.8) is 0 Å². The number of H-pyrrole nitrogens is 1. The van der Waals surface area contributed by atoms with Crippen molar-refractivity contribution in [2.24, 2.45) is 5.92 Å². The van der Waals surface area contributed by atoms with Crippen LogP contribution in [0.3, 0.4) is 0 Å². The maximum atomic E-state index is 13.0. The molecule has 2 aromatic heterocycles. The van der Waals surface area contributed by atoms with Crippen LogP contribution in [0.5, 0.6) is 5.75 Å². The van der Waals surface area contributed by atoms with Gasteiger partial charge in [-0.15, -0.1) is 0 Å². The van der Waals surface area contributed by atoms with E-state index < -0.39 is 0 Å². The number of aromatic amines is 1. The Bertz CT molecular complexity index is 1040. The molecule has 0 saturated carbocycles. The molecule has 1 aromatic carbocycles. The summed E-state index contributed by atoms with van der Waals surface area (Å²) >= 11 is 0. The van der Waals surface area contributed by atoms with Crippen molar-refractivity contribution in [1.29, 1.82) is 0 Å². The Balaban J connectivity index is 1.45. The summed E-state index contributed by atoms with van der Waals surface area (Å²) in [5, 5.41) is 3.81. The number of anilines is 1. The van der Waals surface area contributed by atoms with Crippen LogP contribution in [0.25, 0.3) is 10.9 Å². The molecular weight excluding hydrogens is 368 g/mol. The van der Waals surface area contributed by atoms with Gasteiger partial charge >= 0.3 is 0 Å². The number of methoxy groups -OCH3 is 1. The van der Waals surface area contributed by atoms with Crippen LogP contribution in [0.4, 0.5) is 5.82 Å². The molecule has 7 nitrogen and oxygen atoms in total. The van der Waals surface area contributed by atoms with Gasteiger partial charge in [-0.05, 0) is 49.6 Å². The fourth-order valence-electron chi connectivity index (χ4n) is 3.66. The number of pyridine rings is 1. The summed E-state index contributed by atoms with van der Waals surface area (Å²) in [5.41, 5.74) is 2.41. The van der Waals surface area contributed by atoms with Crippen molar-refractivity contribution < 1.29 is 14.3 Å². The van der Waals surface area contributed by atoms with Gasteiger partial charge in [-0.25, -0.2) is 4.98 Å². The van der Waals surface area contributed by atoms with Crippen LogP contribution >= 0.6 is 0 Å². The molecule has 1 atom stereocenters. The number of hydrogen-bond donors (Lipinski definition) is 2. The zero-order valence-electron chi connectivity index (χ0n) is 16.6. The van der Waals surface area contributed by atoms with E-state index in [1.54, 1.807) is 24.3 Å². The zero-order chi connectivity index (χ0) is 20.4. The largest absolute Gasteiger partial charge is 0.497 e. The average molecular weight is 392 g/mol. The van der Waals surface area contributed by atoms with Gasteiger partial charge in [0.25, 0.3) is 5.91 Å². The topological polar surface area (TPSA) is 87.3 Å². The number of carbonyl (C=O) groups excluding carboxylic acids is 2. The highest BCUT2D eigenvalue weighted by atomic mass is 16.5. The van der Waals surface area contributed by atoms with Crippen molar-refractivity contribution in [2.45, 2.75) is 19.8 Å². The Kier molecular flexibility index (Phi) is 5.20. The number of likely N-dealkylation sites (tertiary alicyclic amines) is 1. The normalized spacial score (nSPS) is 16.6. The Morgan fingerprint density at radius 3 is 2.86 bits per heavy atom. The molecule has 1 aliphatic heterocycles. The van der Waals surface area contributed by atoms with Gasteiger partial charge in [0.1, 0.15) is 17.3 Å². The van der Waals surface area contributed by atoms with Gasteiger partial charge in [0.05, 0.1) is 13.0 Å². The minimum atomic E-state index is -0.250. The first-order chi connectivity index (χ1) is 14.0. The first-order valence-corrected chi connectivity index (χ1v) is 9.73. The number of rotatable bonds is 4. The molecule has 3 heterocycles. The number of nitrogens with one attached hydrogen (secondary N) is 2. The van der Waals surface area contributed by atoms with Gasteiger partial charge in [0.15, 0.2) is 0 Å². The third-order valence-electron chi connectivity index (χ3n) is 5.30. The maximum Gasteiger partial charge on any atom is 0.270 e. The smallest absolute Gasteiger partial charge is 0.270 e. The number of benzene rings is 1. The predicted molar refractivity (Wildman–Crippen MR) is 111 cm³/mol. The van der Waals surface area contributed by atoms with E-state index in [-0.39, 0.29) is 17.7 Å². The highest BCUT2D eigenvalue weighted by Crippen LogP contribution is 2.24. The van der Waals surface area contributed by atoms with E-state index in [4.69, 9.17) is 4.74 Å². The summed E-state index contributed by atoms with van der Waals surface area (Å²) in [6, 6.07) is 11.2. The van der Waals surface area contributed by atoms with E-state index >= 15 is 0 Å².